The molecule has 25 heavy (non-hydrogen) atoms. The first-order valence-electron chi connectivity index (χ1n) is 9.01. The number of unbranched alkanes of at least 4 members (excludes halogenated alkanes) is 3. The van der Waals surface area contributed by atoms with E-state index in [1.807, 2.05) is 19.0 Å². The summed E-state index contributed by atoms with van der Waals surface area (Å²) in [7, 11) is 3.92. The van der Waals surface area contributed by atoms with Gasteiger partial charge in [-0.1, -0.05) is 26.2 Å². The molecule has 0 spiro atoms. The summed E-state index contributed by atoms with van der Waals surface area (Å²) in [6.45, 7) is 4.60. The number of hydrogen-bond donors (Lipinski definition) is 1. The number of carbonyl (C=O) groups excluding carboxylic acids is 2. The predicted octanol–water partition coefficient (Wildman–Crippen LogP) is 1.57. The maximum absolute atomic E-state index is 12.6. The van der Waals surface area contributed by atoms with Crippen LogP contribution in [0.4, 0.5) is 0 Å². The van der Waals surface area contributed by atoms with E-state index in [0.29, 0.717) is 31.7 Å². The Labute approximate surface area is 150 Å². The van der Waals surface area contributed by atoms with E-state index in [4.69, 9.17) is 0 Å². The minimum absolute atomic E-state index is 0.0349. The average Bonchev–Trinajstić information content (AvgIpc) is 2.61. The Morgan fingerprint density at radius 2 is 1.88 bits per heavy atom. The van der Waals surface area contributed by atoms with Crippen LogP contribution in [0.2, 0.25) is 0 Å². The molecule has 1 aromatic rings. The fourth-order valence-corrected chi connectivity index (χ4v) is 2.36. The van der Waals surface area contributed by atoms with Crippen molar-refractivity contribution in [1.82, 2.24) is 25.1 Å². The van der Waals surface area contributed by atoms with Crippen LogP contribution in [0.1, 0.15) is 49.5 Å². The molecule has 0 radical (unpaired) electrons. The smallest absolute Gasteiger partial charge is 0.274 e. The first-order valence-corrected chi connectivity index (χ1v) is 9.01. The standard InChI is InChI=1S/C18H31N5O2/c1-4-5-6-7-12-23(18(25)16-15-19-9-10-20-16)13-8-17(24)21-11-14-22(2)3/h9-10,15H,4-8,11-14H2,1-3H3,(H,21,24). The van der Waals surface area contributed by atoms with Gasteiger partial charge in [0, 0.05) is 45.0 Å². The summed E-state index contributed by atoms with van der Waals surface area (Å²) in [4.78, 5) is 36.3. The Balaban J connectivity index is 2.52. The molecule has 1 aromatic heterocycles. The van der Waals surface area contributed by atoms with Crippen molar-refractivity contribution >= 4 is 11.8 Å². The number of hydrogen-bond acceptors (Lipinski definition) is 5. The third-order valence-electron chi connectivity index (χ3n) is 3.84. The van der Waals surface area contributed by atoms with Gasteiger partial charge in [0.15, 0.2) is 0 Å². The topological polar surface area (TPSA) is 78.4 Å². The summed E-state index contributed by atoms with van der Waals surface area (Å²) < 4.78 is 0. The summed E-state index contributed by atoms with van der Waals surface area (Å²) in [5, 5.41) is 2.88. The predicted molar refractivity (Wildman–Crippen MR) is 98.3 cm³/mol. The SMILES string of the molecule is CCCCCCN(CCC(=O)NCCN(C)C)C(=O)c1cnccn1. The zero-order valence-corrected chi connectivity index (χ0v) is 15.7. The molecule has 1 N–H and O–H groups in total. The van der Waals surface area contributed by atoms with Crippen molar-refractivity contribution in [3.05, 3.63) is 24.3 Å². The molecular weight excluding hydrogens is 318 g/mol. The molecule has 0 bridgehead atoms. The third kappa shape index (κ3) is 9.14. The molecule has 1 rings (SSSR count). The van der Waals surface area contributed by atoms with E-state index >= 15 is 0 Å². The van der Waals surface area contributed by atoms with Gasteiger partial charge in [0.25, 0.3) is 5.91 Å². The van der Waals surface area contributed by atoms with Gasteiger partial charge in [-0.25, -0.2) is 4.98 Å². The van der Waals surface area contributed by atoms with E-state index in [2.05, 4.69) is 22.2 Å². The highest BCUT2D eigenvalue weighted by Crippen LogP contribution is 2.06. The lowest BCUT2D eigenvalue weighted by molar-refractivity contribution is -0.121. The van der Waals surface area contributed by atoms with Gasteiger partial charge in [-0.3, -0.25) is 14.6 Å². The second kappa shape index (κ2) is 12.4. The Kier molecular flexibility index (Phi) is 10.4. The lowest BCUT2D eigenvalue weighted by Crippen LogP contribution is -2.37. The number of likely N-dealkylation sites (N-methyl/N-ethyl adjacent to an activating group) is 1. The molecule has 0 aliphatic carbocycles. The van der Waals surface area contributed by atoms with E-state index < -0.39 is 0 Å². The van der Waals surface area contributed by atoms with Crippen molar-refractivity contribution in [2.24, 2.45) is 0 Å². The van der Waals surface area contributed by atoms with Crippen molar-refractivity contribution in [2.75, 3.05) is 40.3 Å². The number of nitrogens with zero attached hydrogens (tertiary/aromatic N) is 4. The van der Waals surface area contributed by atoms with Crippen LogP contribution in [0, 0.1) is 0 Å². The van der Waals surface area contributed by atoms with E-state index in [0.717, 1.165) is 32.2 Å². The Morgan fingerprint density at radius 3 is 2.52 bits per heavy atom. The van der Waals surface area contributed by atoms with Crippen molar-refractivity contribution in [2.45, 2.75) is 39.0 Å². The van der Waals surface area contributed by atoms with E-state index in [1.54, 1.807) is 11.1 Å². The Morgan fingerprint density at radius 1 is 1.08 bits per heavy atom. The van der Waals surface area contributed by atoms with Crippen molar-refractivity contribution in [1.29, 1.82) is 0 Å². The van der Waals surface area contributed by atoms with Gasteiger partial charge in [0.05, 0.1) is 6.20 Å². The molecular formula is C18H31N5O2. The quantitative estimate of drug-likeness (QED) is 0.580. The summed E-state index contributed by atoms with van der Waals surface area (Å²) in [6, 6.07) is 0. The monoisotopic (exact) mass is 349 g/mol. The van der Waals surface area contributed by atoms with E-state index in [9.17, 15) is 9.59 Å². The van der Waals surface area contributed by atoms with Crippen LogP contribution in [0.25, 0.3) is 0 Å². The van der Waals surface area contributed by atoms with Crippen LogP contribution in [0.3, 0.4) is 0 Å². The van der Waals surface area contributed by atoms with Crippen LogP contribution >= 0.6 is 0 Å². The minimum Gasteiger partial charge on any atom is -0.355 e. The second-order valence-electron chi connectivity index (χ2n) is 6.35. The van der Waals surface area contributed by atoms with Gasteiger partial charge in [-0.15, -0.1) is 0 Å². The first kappa shape index (κ1) is 21.0. The number of amides is 2. The second-order valence-corrected chi connectivity index (χ2v) is 6.35. The lowest BCUT2D eigenvalue weighted by Gasteiger charge is -2.22. The van der Waals surface area contributed by atoms with Gasteiger partial charge < -0.3 is 15.1 Å². The summed E-state index contributed by atoms with van der Waals surface area (Å²) >= 11 is 0. The molecule has 140 valence electrons. The Hall–Kier alpha value is -2.02. The molecule has 7 nitrogen and oxygen atoms in total. The molecule has 7 heteroatoms. The van der Waals surface area contributed by atoms with Crippen LogP contribution in [0.5, 0.6) is 0 Å². The maximum atomic E-state index is 12.6. The molecule has 0 atom stereocenters. The fourth-order valence-electron chi connectivity index (χ4n) is 2.36. The van der Waals surface area contributed by atoms with Gasteiger partial charge >= 0.3 is 0 Å². The molecule has 0 saturated carbocycles. The third-order valence-corrected chi connectivity index (χ3v) is 3.84. The zero-order chi connectivity index (χ0) is 18.5. The molecule has 0 aromatic carbocycles. The molecule has 2 amide bonds. The van der Waals surface area contributed by atoms with Crippen molar-refractivity contribution in [3.8, 4) is 0 Å². The number of rotatable bonds is 12. The summed E-state index contributed by atoms with van der Waals surface area (Å²) in [5.41, 5.74) is 0.325. The lowest BCUT2D eigenvalue weighted by atomic mass is 10.2. The Bertz CT molecular complexity index is 507. The van der Waals surface area contributed by atoms with Crippen molar-refractivity contribution < 1.29 is 9.59 Å². The molecule has 0 saturated heterocycles. The molecule has 0 aliphatic heterocycles. The number of nitrogens with one attached hydrogen (secondary N) is 1. The fraction of sp³-hybridized carbons (Fsp3) is 0.667. The zero-order valence-electron chi connectivity index (χ0n) is 15.7. The first-order chi connectivity index (χ1) is 12.0. The molecule has 0 fully saturated rings. The minimum atomic E-state index is -0.161. The van der Waals surface area contributed by atoms with Gasteiger partial charge in [-0.2, -0.15) is 0 Å². The molecule has 0 unspecified atom stereocenters. The summed E-state index contributed by atoms with van der Waals surface area (Å²) in [5.74, 6) is -0.196. The van der Waals surface area contributed by atoms with Crippen LogP contribution in [-0.4, -0.2) is 71.9 Å². The molecule has 1 heterocycles. The average molecular weight is 349 g/mol. The maximum Gasteiger partial charge on any atom is 0.274 e. The van der Waals surface area contributed by atoms with Crippen LogP contribution in [-0.2, 0) is 4.79 Å². The van der Waals surface area contributed by atoms with Gasteiger partial charge in [0.2, 0.25) is 5.91 Å². The van der Waals surface area contributed by atoms with Gasteiger partial charge in [0.1, 0.15) is 5.69 Å². The largest absolute Gasteiger partial charge is 0.355 e. The number of aromatic nitrogens is 2. The molecule has 0 aliphatic rings. The van der Waals surface area contributed by atoms with Crippen LogP contribution < -0.4 is 5.32 Å². The highest BCUT2D eigenvalue weighted by molar-refractivity contribution is 5.92. The van der Waals surface area contributed by atoms with E-state index in [1.165, 1.54) is 12.4 Å². The van der Waals surface area contributed by atoms with E-state index in [-0.39, 0.29) is 11.8 Å². The van der Waals surface area contributed by atoms with Crippen molar-refractivity contribution in [3.63, 3.8) is 0 Å². The van der Waals surface area contributed by atoms with Gasteiger partial charge in [-0.05, 0) is 20.5 Å². The highest BCUT2D eigenvalue weighted by atomic mass is 16.2. The van der Waals surface area contributed by atoms with Crippen LogP contribution in [0.15, 0.2) is 18.6 Å². The number of carbonyl (C=O) groups is 2. The summed E-state index contributed by atoms with van der Waals surface area (Å²) in [6.07, 6.45) is 9.13. The highest BCUT2D eigenvalue weighted by Gasteiger charge is 2.17. The normalized spacial score (nSPS) is 10.7.